The van der Waals surface area contributed by atoms with E-state index in [0.717, 1.165) is 7.11 Å². The van der Waals surface area contributed by atoms with Gasteiger partial charge >= 0.3 is 16.4 Å². The van der Waals surface area contributed by atoms with Gasteiger partial charge in [0.05, 0.1) is 13.7 Å². The monoisotopic (exact) mass is 380 g/mol. The molecular formula is C16H28O8S. The summed E-state index contributed by atoms with van der Waals surface area (Å²) < 4.78 is 35.5. The van der Waals surface area contributed by atoms with Crippen molar-refractivity contribution in [2.24, 2.45) is 0 Å². The molecule has 1 atom stereocenters. The van der Waals surface area contributed by atoms with Crippen LogP contribution in [0.2, 0.25) is 0 Å². The second kappa shape index (κ2) is 13.0. The molecule has 0 aliphatic carbocycles. The summed E-state index contributed by atoms with van der Waals surface area (Å²) in [5, 5.41) is 0. The molecular weight excluding hydrogens is 352 g/mol. The molecule has 25 heavy (non-hydrogen) atoms. The molecule has 8 nitrogen and oxygen atoms in total. The number of Topliss-reactive ketones (excluding diaryl/α,β-unsaturated/α-hetero) is 2. The third kappa shape index (κ3) is 12.7. The normalized spacial score (nSPS) is 12.6. The lowest BCUT2D eigenvalue weighted by Crippen LogP contribution is -2.17. The van der Waals surface area contributed by atoms with Gasteiger partial charge in [-0.05, 0) is 19.3 Å². The van der Waals surface area contributed by atoms with Gasteiger partial charge in [-0.25, -0.2) is 4.18 Å². The highest BCUT2D eigenvalue weighted by Crippen LogP contribution is 2.11. The molecule has 0 heterocycles. The van der Waals surface area contributed by atoms with Gasteiger partial charge in [0.1, 0.15) is 17.7 Å². The molecule has 0 amide bonds. The predicted octanol–water partition coefficient (Wildman–Crippen LogP) is 2.10. The molecule has 0 radical (unpaired) electrons. The van der Waals surface area contributed by atoms with E-state index in [0.29, 0.717) is 32.1 Å². The summed E-state index contributed by atoms with van der Waals surface area (Å²) in [6.45, 7) is 3.34. The Bertz CT molecular complexity index is 526. The zero-order valence-corrected chi connectivity index (χ0v) is 15.9. The van der Waals surface area contributed by atoms with Crippen LogP contribution >= 0.6 is 0 Å². The summed E-state index contributed by atoms with van der Waals surface area (Å²) in [5.41, 5.74) is 0. The molecule has 0 fully saturated rings. The van der Waals surface area contributed by atoms with Crippen LogP contribution in [0.25, 0.3) is 0 Å². The Labute approximate surface area is 149 Å². The van der Waals surface area contributed by atoms with Crippen molar-refractivity contribution in [1.82, 2.24) is 0 Å². The third-order valence-corrected chi connectivity index (χ3v) is 4.38. The summed E-state index contributed by atoms with van der Waals surface area (Å²) in [6.07, 6.45) is 2.45. The molecule has 0 N–H and O–H groups in total. The standard InChI is InChI=1S/C16H28O8S/c1-4-15(24-16(19)5-2)8-6-7-13(17)9-10-14(18)11-12-23-25(20,21)22-3/h15H,4-12H2,1-3H3. The van der Waals surface area contributed by atoms with Gasteiger partial charge < -0.3 is 4.74 Å². The zero-order chi connectivity index (χ0) is 19.3. The first-order valence-corrected chi connectivity index (χ1v) is 9.75. The maximum absolute atomic E-state index is 11.8. The number of hydrogen-bond acceptors (Lipinski definition) is 8. The van der Waals surface area contributed by atoms with Crippen LogP contribution in [-0.2, 0) is 37.9 Å². The van der Waals surface area contributed by atoms with Crippen LogP contribution in [-0.4, -0.2) is 45.8 Å². The lowest BCUT2D eigenvalue weighted by molar-refractivity contribution is -0.149. The molecule has 0 rings (SSSR count). The first kappa shape index (κ1) is 23.7. The number of rotatable bonds is 15. The highest BCUT2D eigenvalue weighted by molar-refractivity contribution is 7.81. The number of hydrogen-bond donors (Lipinski definition) is 0. The molecule has 0 aliphatic rings. The first-order valence-electron chi connectivity index (χ1n) is 8.41. The molecule has 0 aromatic carbocycles. The van der Waals surface area contributed by atoms with Crippen LogP contribution in [0.4, 0.5) is 0 Å². The van der Waals surface area contributed by atoms with Gasteiger partial charge in [-0.3, -0.25) is 18.6 Å². The molecule has 0 spiro atoms. The molecule has 0 aromatic rings. The number of carbonyl (C=O) groups excluding carboxylic acids is 3. The number of carbonyl (C=O) groups is 3. The van der Waals surface area contributed by atoms with Crippen molar-refractivity contribution in [3.63, 3.8) is 0 Å². The fraction of sp³-hybridized carbons (Fsp3) is 0.812. The third-order valence-electron chi connectivity index (χ3n) is 3.52. The number of esters is 1. The van der Waals surface area contributed by atoms with Crippen LogP contribution in [0.15, 0.2) is 0 Å². The fourth-order valence-corrected chi connectivity index (χ4v) is 2.36. The van der Waals surface area contributed by atoms with E-state index in [9.17, 15) is 22.8 Å². The zero-order valence-electron chi connectivity index (χ0n) is 15.1. The Balaban J connectivity index is 3.88. The maximum Gasteiger partial charge on any atom is 0.399 e. The average molecular weight is 380 g/mol. The molecule has 9 heteroatoms. The summed E-state index contributed by atoms with van der Waals surface area (Å²) in [5.74, 6) is -0.542. The Morgan fingerprint density at radius 2 is 1.56 bits per heavy atom. The maximum atomic E-state index is 11.8. The topological polar surface area (TPSA) is 113 Å². The second-order valence-corrected chi connectivity index (χ2v) is 6.88. The lowest BCUT2D eigenvalue weighted by atomic mass is 10.0. The summed E-state index contributed by atoms with van der Waals surface area (Å²) in [6, 6.07) is 0. The van der Waals surface area contributed by atoms with E-state index in [4.69, 9.17) is 4.74 Å². The van der Waals surface area contributed by atoms with Crippen molar-refractivity contribution in [1.29, 1.82) is 0 Å². The van der Waals surface area contributed by atoms with Gasteiger partial charge in [-0.2, -0.15) is 8.42 Å². The van der Waals surface area contributed by atoms with Gasteiger partial charge in [0, 0.05) is 32.1 Å². The smallest absolute Gasteiger partial charge is 0.399 e. The quantitative estimate of drug-likeness (QED) is 0.397. The van der Waals surface area contributed by atoms with E-state index < -0.39 is 10.4 Å². The Hall–Kier alpha value is -1.32. The molecule has 1 unspecified atom stereocenters. The van der Waals surface area contributed by atoms with Crippen LogP contribution < -0.4 is 0 Å². The minimum atomic E-state index is -4.03. The van der Waals surface area contributed by atoms with Crippen LogP contribution in [0.1, 0.15) is 65.2 Å². The minimum Gasteiger partial charge on any atom is -0.462 e. The fourth-order valence-electron chi connectivity index (χ4n) is 1.98. The predicted molar refractivity (Wildman–Crippen MR) is 90.1 cm³/mol. The average Bonchev–Trinajstić information content (AvgIpc) is 2.58. The minimum absolute atomic E-state index is 0.0459. The molecule has 0 saturated carbocycles. The Morgan fingerprint density at radius 1 is 0.960 bits per heavy atom. The van der Waals surface area contributed by atoms with Crippen molar-refractivity contribution in [3.05, 3.63) is 0 Å². The van der Waals surface area contributed by atoms with Gasteiger partial charge in [0.2, 0.25) is 0 Å². The molecule has 146 valence electrons. The van der Waals surface area contributed by atoms with Crippen molar-refractivity contribution in [2.45, 2.75) is 71.3 Å². The van der Waals surface area contributed by atoms with Gasteiger partial charge in [0.15, 0.2) is 0 Å². The molecule has 0 saturated heterocycles. The highest BCUT2D eigenvalue weighted by Gasteiger charge is 2.14. The van der Waals surface area contributed by atoms with Crippen molar-refractivity contribution >= 4 is 27.9 Å². The molecule has 0 aromatic heterocycles. The van der Waals surface area contributed by atoms with Crippen LogP contribution in [0.3, 0.4) is 0 Å². The van der Waals surface area contributed by atoms with Gasteiger partial charge in [-0.1, -0.05) is 13.8 Å². The van der Waals surface area contributed by atoms with Crippen molar-refractivity contribution in [3.8, 4) is 0 Å². The first-order chi connectivity index (χ1) is 11.7. The highest BCUT2D eigenvalue weighted by atomic mass is 32.3. The number of ketones is 2. The SMILES string of the molecule is CCC(=O)OC(CC)CCCC(=O)CCC(=O)CCOS(=O)(=O)OC. The van der Waals surface area contributed by atoms with Gasteiger partial charge in [0.25, 0.3) is 0 Å². The van der Waals surface area contributed by atoms with Crippen molar-refractivity contribution < 1.29 is 35.9 Å². The number of ether oxygens (including phenoxy) is 1. The summed E-state index contributed by atoms with van der Waals surface area (Å²) >= 11 is 0. The van der Waals surface area contributed by atoms with E-state index in [-0.39, 0.29) is 49.5 Å². The summed E-state index contributed by atoms with van der Waals surface area (Å²) in [4.78, 5) is 34.6. The van der Waals surface area contributed by atoms with E-state index in [1.54, 1.807) is 6.92 Å². The Morgan fingerprint density at radius 3 is 2.08 bits per heavy atom. The van der Waals surface area contributed by atoms with Crippen LogP contribution in [0.5, 0.6) is 0 Å². The van der Waals surface area contributed by atoms with E-state index in [1.165, 1.54) is 0 Å². The molecule has 0 aliphatic heterocycles. The lowest BCUT2D eigenvalue weighted by Gasteiger charge is -2.15. The molecule has 0 bridgehead atoms. The Kier molecular flexibility index (Phi) is 12.3. The van der Waals surface area contributed by atoms with Crippen molar-refractivity contribution in [2.75, 3.05) is 13.7 Å². The summed E-state index contributed by atoms with van der Waals surface area (Å²) in [7, 11) is -3.07. The van der Waals surface area contributed by atoms with Gasteiger partial charge in [-0.15, -0.1) is 0 Å². The second-order valence-electron chi connectivity index (χ2n) is 5.49. The van der Waals surface area contributed by atoms with Crippen LogP contribution in [0, 0.1) is 0 Å². The van der Waals surface area contributed by atoms with E-state index >= 15 is 0 Å². The van der Waals surface area contributed by atoms with E-state index in [2.05, 4.69) is 8.37 Å². The van der Waals surface area contributed by atoms with E-state index in [1.807, 2.05) is 6.92 Å². The largest absolute Gasteiger partial charge is 0.462 e.